The maximum absolute atomic E-state index is 11.8. The Morgan fingerprint density at radius 1 is 1.44 bits per heavy atom. The maximum Gasteiger partial charge on any atom is 0.405 e. The largest absolute Gasteiger partial charge is 0.405 e. The second-order valence-electron chi connectivity index (χ2n) is 5.05. The molecule has 0 aromatic heterocycles. The average molecular weight is 238 g/mol. The Morgan fingerprint density at radius 3 is 2.50 bits per heavy atom. The molecule has 1 fully saturated rings. The first kappa shape index (κ1) is 13.1. The predicted molar refractivity (Wildman–Crippen MR) is 54.0 cm³/mol. The van der Waals surface area contributed by atoms with Gasteiger partial charge in [0.25, 0.3) is 0 Å². The minimum absolute atomic E-state index is 0.0109. The van der Waals surface area contributed by atoms with Gasteiger partial charge in [-0.2, -0.15) is 13.2 Å². The molecule has 0 heterocycles. The summed E-state index contributed by atoms with van der Waals surface area (Å²) in [5.41, 5.74) is 0.169. The Bertz CT molecular complexity index is 263. The molecule has 1 aliphatic carbocycles. The van der Waals surface area contributed by atoms with Crippen LogP contribution in [-0.4, -0.2) is 24.8 Å². The fraction of sp³-hybridized carbons (Fsp3) is 0.900. The highest BCUT2D eigenvalue weighted by Crippen LogP contribution is 2.36. The number of carbonyl (C=O) groups is 1. The van der Waals surface area contributed by atoms with Crippen LogP contribution in [-0.2, 0) is 0 Å². The van der Waals surface area contributed by atoms with E-state index in [9.17, 15) is 18.0 Å². The number of carbonyl (C=O) groups excluding carboxylic acids is 1. The van der Waals surface area contributed by atoms with Gasteiger partial charge in [0.2, 0.25) is 0 Å². The topological polar surface area (TPSA) is 41.1 Å². The Kier molecular flexibility index (Phi) is 3.70. The first-order valence-electron chi connectivity index (χ1n) is 5.29. The zero-order valence-electron chi connectivity index (χ0n) is 9.45. The molecule has 1 rings (SSSR count). The van der Waals surface area contributed by atoms with E-state index >= 15 is 0 Å². The molecule has 0 spiro atoms. The molecular weight excluding hydrogens is 221 g/mol. The van der Waals surface area contributed by atoms with E-state index in [0.717, 1.165) is 19.3 Å². The molecule has 2 N–H and O–H groups in total. The molecule has 0 aliphatic heterocycles. The second-order valence-corrected chi connectivity index (χ2v) is 5.05. The molecule has 94 valence electrons. The average Bonchev–Trinajstić information content (AvgIpc) is 2.41. The molecule has 0 saturated heterocycles. The lowest BCUT2D eigenvalue weighted by Gasteiger charge is -2.18. The summed E-state index contributed by atoms with van der Waals surface area (Å²) in [4.78, 5) is 11.1. The van der Waals surface area contributed by atoms with Crippen molar-refractivity contribution < 1.29 is 18.0 Å². The van der Waals surface area contributed by atoms with E-state index in [2.05, 4.69) is 19.2 Å². The Labute approximate surface area is 92.8 Å². The van der Waals surface area contributed by atoms with Crippen molar-refractivity contribution in [3.63, 3.8) is 0 Å². The van der Waals surface area contributed by atoms with Crippen molar-refractivity contribution in [2.24, 2.45) is 5.41 Å². The number of alkyl halides is 3. The summed E-state index contributed by atoms with van der Waals surface area (Å²) >= 11 is 0. The second kappa shape index (κ2) is 4.51. The molecule has 3 nitrogen and oxygen atoms in total. The van der Waals surface area contributed by atoms with Crippen LogP contribution in [0, 0.1) is 5.41 Å². The standard InChI is InChI=1S/C10H17F3N2O/c1-9(2)4-3-7(5-9)15-8(16)14-6-10(11,12)13/h7H,3-6H2,1-2H3,(H2,14,15,16). The molecule has 16 heavy (non-hydrogen) atoms. The third-order valence-electron chi connectivity index (χ3n) is 2.75. The van der Waals surface area contributed by atoms with Crippen LogP contribution in [0.1, 0.15) is 33.1 Å². The lowest BCUT2D eigenvalue weighted by Crippen LogP contribution is -2.44. The summed E-state index contributed by atoms with van der Waals surface area (Å²) in [6.07, 6.45) is -1.73. The number of hydrogen-bond donors (Lipinski definition) is 2. The first-order chi connectivity index (χ1) is 7.18. The van der Waals surface area contributed by atoms with Crippen LogP contribution in [0.15, 0.2) is 0 Å². The fourth-order valence-corrected chi connectivity index (χ4v) is 1.98. The van der Waals surface area contributed by atoms with E-state index in [0.29, 0.717) is 0 Å². The van der Waals surface area contributed by atoms with Crippen molar-refractivity contribution in [1.29, 1.82) is 0 Å². The molecule has 2 amide bonds. The summed E-state index contributed by atoms with van der Waals surface area (Å²) in [7, 11) is 0. The number of nitrogens with one attached hydrogen (secondary N) is 2. The van der Waals surface area contributed by atoms with E-state index in [1.54, 1.807) is 5.32 Å². The highest BCUT2D eigenvalue weighted by Gasteiger charge is 2.32. The van der Waals surface area contributed by atoms with Crippen molar-refractivity contribution in [1.82, 2.24) is 10.6 Å². The van der Waals surface area contributed by atoms with E-state index in [1.165, 1.54) is 0 Å². The van der Waals surface area contributed by atoms with Crippen LogP contribution in [0.25, 0.3) is 0 Å². The van der Waals surface area contributed by atoms with Crippen molar-refractivity contribution in [2.75, 3.05) is 6.54 Å². The van der Waals surface area contributed by atoms with Crippen molar-refractivity contribution >= 4 is 6.03 Å². The minimum Gasteiger partial charge on any atom is -0.335 e. The summed E-state index contributed by atoms with van der Waals surface area (Å²) in [6.45, 7) is 2.89. The monoisotopic (exact) mass is 238 g/mol. The number of halogens is 3. The summed E-state index contributed by atoms with van der Waals surface area (Å²) < 4.78 is 35.4. The highest BCUT2D eigenvalue weighted by molar-refractivity contribution is 5.74. The number of rotatable bonds is 2. The van der Waals surface area contributed by atoms with Crippen LogP contribution in [0.3, 0.4) is 0 Å². The minimum atomic E-state index is -4.35. The summed E-state index contributed by atoms with van der Waals surface area (Å²) in [5.74, 6) is 0. The van der Waals surface area contributed by atoms with E-state index < -0.39 is 18.8 Å². The van der Waals surface area contributed by atoms with Gasteiger partial charge in [-0.15, -0.1) is 0 Å². The molecule has 0 aromatic rings. The van der Waals surface area contributed by atoms with E-state index in [1.807, 2.05) is 0 Å². The number of amides is 2. The highest BCUT2D eigenvalue weighted by atomic mass is 19.4. The molecule has 1 saturated carbocycles. The first-order valence-corrected chi connectivity index (χ1v) is 5.29. The van der Waals surface area contributed by atoms with Gasteiger partial charge in [-0.05, 0) is 24.7 Å². The Morgan fingerprint density at radius 2 is 2.06 bits per heavy atom. The normalized spacial score (nSPS) is 24.2. The third-order valence-corrected chi connectivity index (χ3v) is 2.75. The smallest absolute Gasteiger partial charge is 0.335 e. The molecule has 0 aromatic carbocycles. The predicted octanol–water partition coefficient (Wildman–Crippen LogP) is 2.43. The molecule has 1 unspecified atom stereocenters. The SMILES string of the molecule is CC1(C)CCC(NC(=O)NCC(F)(F)F)C1. The maximum atomic E-state index is 11.8. The van der Waals surface area contributed by atoms with Crippen LogP contribution in [0.2, 0.25) is 0 Å². The van der Waals surface area contributed by atoms with Crippen molar-refractivity contribution in [3.05, 3.63) is 0 Å². The zero-order chi connectivity index (χ0) is 12.4. The molecular formula is C10H17F3N2O. The quantitative estimate of drug-likeness (QED) is 0.762. The Hall–Kier alpha value is -0.940. The lowest BCUT2D eigenvalue weighted by atomic mass is 9.92. The zero-order valence-corrected chi connectivity index (χ0v) is 9.45. The molecule has 1 aliphatic rings. The van der Waals surface area contributed by atoms with Gasteiger partial charge in [-0.3, -0.25) is 0 Å². The van der Waals surface area contributed by atoms with Crippen LogP contribution in [0.5, 0.6) is 0 Å². The number of urea groups is 1. The Balaban J connectivity index is 2.26. The summed E-state index contributed by atoms with van der Waals surface area (Å²) in [6, 6.07) is -0.747. The fourth-order valence-electron chi connectivity index (χ4n) is 1.98. The van der Waals surface area contributed by atoms with Crippen LogP contribution >= 0.6 is 0 Å². The van der Waals surface area contributed by atoms with Crippen LogP contribution < -0.4 is 10.6 Å². The van der Waals surface area contributed by atoms with Gasteiger partial charge < -0.3 is 10.6 Å². The van der Waals surface area contributed by atoms with Crippen molar-refractivity contribution in [3.8, 4) is 0 Å². The van der Waals surface area contributed by atoms with Crippen molar-refractivity contribution in [2.45, 2.75) is 45.3 Å². The van der Waals surface area contributed by atoms with Gasteiger partial charge in [0.15, 0.2) is 0 Å². The van der Waals surface area contributed by atoms with Gasteiger partial charge in [-0.25, -0.2) is 4.79 Å². The van der Waals surface area contributed by atoms with Gasteiger partial charge in [0.05, 0.1) is 0 Å². The van der Waals surface area contributed by atoms with Crippen LogP contribution in [0.4, 0.5) is 18.0 Å². The third kappa shape index (κ3) is 4.72. The van der Waals surface area contributed by atoms with Gasteiger partial charge in [0, 0.05) is 6.04 Å². The molecule has 0 bridgehead atoms. The number of hydrogen-bond acceptors (Lipinski definition) is 1. The van der Waals surface area contributed by atoms with E-state index in [-0.39, 0.29) is 11.5 Å². The lowest BCUT2D eigenvalue weighted by molar-refractivity contribution is -0.122. The van der Waals surface area contributed by atoms with E-state index in [4.69, 9.17) is 0 Å². The molecule has 6 heteroatoms. The van der Waals surface area contributed by atoms with Gasteiger partial charge >= 0.3 is 12.2 Å². The van der Waals surface area contributed by atoms with Gasteiger partial charge in [0.1, 0.15) is 6.54 Å². The molecule has 0 radical (unpaired) electrons. The van der Waals surface area contributed by atoms with Gasteiger partial charge in [-0.1, -0.05) is 13.8 Å². The molecule has 1 atom stereocenters. The summed E-state index contributed by atoms with van der Waals surface area (Å²) in [5, 5.41) is 4.36.